The van der Waals surface area contributed by atoms with Gasteiger partial charge in [-0.25, -0.2) is 0 Å². The summed E-state index contributed by atoms with van der Waals surface area (Å²) in [5, 5.41) is 12.2. The van der Waals surface area contributed by atoms with Gasteiger partial charge in [-0.2, -0.15) is 17.9 Å². The summed E-state index contributed by atoms with van der Waals surface area (Å²) in [6, 6.07) is 16.4. The van der Waals surface area contributed by atoms with Crippen molar-refractivity contribution in [3.8, 4) is 5.75 Å². The second-order valence-corrected chi connectivity index (χ2v) is 10.1. The third kappa shape index (κ3) is 6.54. The molecule has 0 heterocycles. The molecule has 33 heavy (non-hydrogen) atoms. The molecule has 8 nitrogen and oxygen atoms in total. The van der Waals surface area contributed by atoms with Crippen LogP contribution in [-0.4, -0.2) is 51.8 Å². The lowest BCUT2D eigenvalue weighted by Gasteiger charge is -2.41. The van der Waals surface area contributed by atoms with E-state index in [0.717, 1.165) is 5.56 Å². The third-order valence-electron chi connectivity index (χ3n) is 6.22. The molecular formula is C24H33N3O5S. The molecule has 2 aromatic rings. The molecule has 0 aliphatic heterocycles. The second-order valence-electron chi connectivity index (χ2n) is 8.63. The molecule has 4 N–H and O–H groups in total. The average Bonchev–Trinajstić information content (AvgIpc) is 2.83. The monoisotopic (exact) mass is 475 g/mol. The summed E-state index contributed by atoms with van der Waals surface area (Å²) in [6.45, 7) is 1.77. The molecule has 3 rings (SSSR count). The van der Waals surface area contributed by atoms with E-state index in [2.05, 4.69) is 26.9 Å². The van der Waals surface area contributed by atoms with Crippen LogP contribution in [-0.2, 0) is 15.6 Å². The van der Waals surface area contributed by atoms with Crippen LogP contribution in [0.3, 0.4) is 0 Å². The van der Waals surface area contributed by atoms with E-state index in [1.807, 2.05) is 24.3 Å². The molecule has 9 heteroatoms. The highest BCUT2D eigenvalue weighted by Gasteiger charge is 2.38. The Balaban J connectivity index is 1.71. The molecule has 0 aromatic heterocycles. The molecule has 2 aromatic carbocycles. The Morgan fingerprint density at radius 1 is 1.12 bits per heavy atom. The normalized spacial score (nSPS) is 21.8. The van der Waals surface area contributed by atoms with Crippen LogP contribution < -0.4 is 19.5 Å². The molecule has 0 bridgehead atoms. The molecule has 1 saturated carbocycles. The SMILES string of the molecule is COc1ccccc1C(=O)NC[C@]1(c2ccccc2)CC[C@H](NS(=O)(=O)NC(C)CO)CC1. The quantitative estimate of drug-likeness (QED) is 0.420. The maximum absolute atomic E-state index is 12.9. The van der Waals surface area contributed by atoms with Crippen LogP contribution in [0.4, 0.5) is 0 Å². The van der Waals surface area contributed by atoms with Crippen molar-refractivity contribution in [2.75, 3.05) is 20.3 Å². The van der Waals surface area contributed by atoms with E-state index in [4.69, 9.17) is 9.84 Å². The smallest absolute Gasteiger partial charge is 0.277 e. The molecule has 1 fully saturated rings. The summed E-state index contributed by atoms with van der Waals surface area (Å²) in [7, 11) is -2.17. The molecule has 0 radical (unpaired) electrons. The Bertz CT molecular complexity index is 1020. The minimum atomic E-state index is -3.71. The van der Waals surface area contributed by atoms with Gasteiger partial charge >= 0.3 is 0 Å². The predicted octanol–water partition coefficient (Wildman–Crippen LogP) is 2.11. The van der Waals surface area contributed by atoms with Crippen LogP contribution in [0.15, 0.2) is 54.6 Å². The van der Waals surface area contributed by atoms with Crippen molar-refractivity contribution in [1.82, 2.24) is 14.8 Å². The van der Waals surface area contributed by atoms with E-state index in [9.17, 15) is 13.2 Å². The zero-order valence-electron chi connectivity index (χ0n) is 19.1. The van der Waals surface area contributed by atoms with Crippen molar-refractivity contribution in [1.29, 1.82) is 0 Å². The fourth-order valence-corrected chi connectivity index (χ4v) is 5.73. The van der Waals surface area contributed by atoms with Gasteiger partial charge in [0.05, 0.1) is 19.3 Å². The van der Waals surface area contributed by atoms with Gasteiger partial charge in [0, 0.05) is 24.0 Å². The van der Waals surface area contributed by atoms with Crippen molar-refractivity contribution < 1.29 is 23.1 Å². The van der Waals surface area contributed by atoms with Gasteiger partial charge < -0.3 is 15.2 Å². The Kier molecular flexibility index (Phi) is 8.47. The summed E-state index contributed by atoms with van der Waals surface area (Å²) in [6.07, 6.45) is 2.69. The number of carbonyl (C=O) groups excluding carboxylic acids is 1. The average molecular weight is 476 g/mol. The number of para-hydroxylation sites is 1. The topological polar surface area (TPSA) is 117 Å². The van der Waals surface area contributed by atoms with Gasteiger partial charge in [0.1, 0.15) is 5.75 Å². The minimum absolute atomic E-state index is 0.201. The van der Waals surface area contributed by atoms with Gasteiger partial charge in [0.15, 0.2) is 0 Å². The number of nitrogens with one attached hydrogen (secondary N) is 3. The number of ether oxygens (including phenoxy) is 1. The van der Waals surface area contributed by atoms with Crippen LogP contribution >= 0.6 is 0 Å². The lowest BCUT2D eigenvalue weighted by Crippen LogP contribution is -2.51. The van der Waals surface area contributed by atoms with Gasteiger partial charge in [-0.1, -0.05) is 42.5 Å². The maximum atomic E-state index is 12.9. The highest BCUT2D eigenvalue weighted by Crippen LogP contribution is 2.39. The van der Waals surface area contributed by atoms with Crippen LogP contribution in [0.1, 0.15) is 48.5 Å². The van der Waals surface area contributed by atoms with E-state index in [0.29, 0.717) is 43.5 Å². The van der Waals surface area contributed by atoms with Crippen LogP contribution in [0, 0.1) is 0 Å². The standard InChI is InChI=1S/C24H33N3O5S/c1-18(16-28)26-33(30,31)27-20-12-14-24(15-13-20,19-8-4-3-5-9-19)17-25-23(29)21-10-6-7-11-22(21)32-2/h3-11,18,20,26-28H,12-17H2,1-2H3,(H,25,29)/t18?,20-,24-. The highest BCUT2D eigenvalue weighted by molar-refractivity contribution is 7.87. The molecule has 0 saturated heterocycles. The van der Waals surface area contributed by atoms with Crippen LogP contribution in [0.5, 0.6) is 5.75 Å². The zero-order chi connectivity index (χ0) is 23.9. The summed E-state index contributed by atoms with van der Waals surface area (Å²) < 4.78 is 35.1. The first-order valence-corrected chi connectivity index (χ1v) is 12.6. The van der Waals surface area contributed by atoms with Gasteiger partial charge in [0.25, 0.3) is 16.1 Å². The summed E-state index contributed by atoms with van der Waals surface area (Å²) >= 11 is 0. The van der Waals surface area contributed by atoms with Gasteiger partial charge in [-0.05, 0) is 50.3 Å². The second kappa shape index (κ2) is 11.1. The first kappa shape index (κ1) is 25.2. The zero-order valence-corrected chi connectivity index (χ0v) is 19.9. The number of carbonyl (C=O) groups is 1. The molecule has 1 aliphatic carbocycles. The van der Waals surface area contributed by atoms with Crippen molar-refractivity contribution in [3.05, 3.63) is 65.7 Å². The number of hydrogen-bond donors (Lipinski definition) is 4. The van der Waals surface area contributed by atoms with Gasteiger partial charge in [0.2, 0.25) is 0 Å². The largest absolute Gasteiger partial charge is 0.496 e. The Morgan fingerprint density at radius 3 is 2.39 bits per heavy atom. The van der Waals surface area contributed by atoms with Crippen molar-refractivity contribution >= 4 is 16.1 Å². The fraction of sp³-hybridized carbons (Fsp3) is 0.458. The number of benzene rings is 2. The van der Waals surface area contributed by atoms with Crippen LogP contribution in [0.25, 0.3) is 0 Å². The van der Waals surface area contributed by atoms with Crippen molar-refractivity contribution in [3.63, 3.8) is 0 Å². The lowest BCUT2D eigenvalue weighted by atomic mass is 9.68. The summed E-state index contributed by atoms with van der Waals surface area (Å²) in [5.41, 5.74) is 1.31. The van der Waals surface area contributed by atoms with E-state index in [-0.39, 0.29) is 24.0 Å². The number of methoxy groups -OCH3 is 1. The first-order chi connectivity index (χ1) is 15.8. The van der Waals surface area contributed by atoms with E-state index < -0.39 is 16.3 Å². The third-order valence-corrected chi connectivity index (χ3v) is 7.58. The number of amides is 1. The molecule has 1 atom stereocenters. The predicted molar refractivity (Wildman–Crippen MR) is 127 cm³/mol. The molecule has 180 valence electrons. The van der Waals surface area contributed by atoms with Crippen molar-refractivity contribution in [2.24, 2.45) is 0 Å². The molecule has 1 amide bonds. The Morgan fingerprint density at radius 2 is 1.76 bits per heavy atom. The molecule has 1 aliphatic rings. The molecule has 0 spiro atoms. The van der Waals surface area contributed by atoms with Gasteiger partial charge in [-0.3, -0.25) is 4.79 Å². The molecule has 1 unspecified atom stereocenters. The van der Waals surface area contributed by atoms with Crippen molar-refractivity contribution in [2.45, 2.75) is 50.1 Å². The number of aliphatic hydroxyl groups is 1. The number of hydrogen-bond acceptors (Lipinski definition) is 5. The van der Waals surface area contributed by atoms with Gasteiger partial charge in [-0.15, -0.1) is 0 Å². The van der Waals surface area contributed by atoms with E-state index in [1.165, 1.54) is 7.11 Å². The lowest BCUT2D eigenvalue weighted by molar-refractivity contribution is 0.0932. The summed E-state index contributed by atoms with van der Waals surface area (Å²) in [5.74, 6) is 0.319. The van der Waals surface area contributed by atoms with E-state index in [1.54, 1.807) is 25.1 Å². The molecular weight excluding hydrogens is 442 g/mol. The summed E-state index contributed by atoms with van der Waals surface area (Å²) in [4.78, 5) is 12.9. The van der Waals surface area contributed by atoms with E-state index >= 15 is 0 Å². The Hall–Kier alpha value is -2.46. The van der Waals surface area contributed by atoms with Crippen LogP contribution in [0.2, 0.25) is 0 Å². The Labute approximate surface area is 195 Å². The first-order valence-electron chi connectivity index (χ1n) is 11.2. The number of aliphatic hydroxyl groups excluding tert-OH is 1. The minimum Gasteiger partial charge on any atom is -0.496 e. The highest BCUT2D eigenvalue weighted by atomic mass is 32.2. The number of rotatable bonds is 10. The maximum Gasteiger partial charge on any atom is 0.277 e. The fourth-order valence-electron chi connectivity index (χ4n) is 4.38.